The summed E-state index contributed by atoms with van der Waals surface area (Å²) in [6.45, 7) is 15.5. The van der Waals surface area contributed by atoms with Crippen molar-refractivity contribution in [2.24, 2.45) is 17.1 Å². The van der Waals surface area contributed by atoms with E-state index in [1.165, 1.54) is 0 Å². The molecule has 0 unspecified atom stereocenters. The van der Waals surface area contributed by atoms with Crippen LogP contribution in [-0.4, -0.2) is 18.6 Å². The molecule has 0 aliphatic heterocycles. The third-order valence-electron chi connectivity index (χ3n) is 4.03. The molecule has 2 heteroatoms. The molecule has 15 heavy (non-hydrogen) atoms. The molecule has 0 fully saturated rings. The molecule has 0 aliphatic carbocycles. The van der Waals surface area contributed by atoms with Crippen LogP contribution in [0.4, 0.5) is 0 Å². The third kappa shape index (κ3) is 4.98. The molecule has 0 aromatic carbocycles. The van der Waals surface area contributed by atoms with Gasteiger partial charge in [-0.15, -0.1) is 0 Å². The smallest absolute Gasteiger partial charge is 0.0275 e. The van der Waals surface area contributed by atoms with Crippen molar-refractivity contribution in [3.05, 3.63) is 0 Å². The fourth-order valence-corrected chi connectivity index (χ4v) is 1.34. The highest BCUT2D eigenvalue weighted by molar-refractivity contribution is 4.85. The molecule has 0 aliphatic rings. The quantitative estimate of drug-likeness (QED) is 0.684. The second kappa shape index (κ2) is 5.86. The maximum atomic E-state index is 6.24. The van der Waals surface area contributed by atoms with Gasteiger partial charge in [-0.2, -0.15) is 0 Å². The van der Waals surface area contributed by atoms with Crippen molar-refractivity contribution in [3.8, 4) is 0 Å². The van der Waals surface area contributed by atoms with E-state index in [0.29, 0.717) is 11.3 Å². The van der Waals surface area contributed by atoms with Crippen LogP contribution in [0.1, 0.15) is 54.4 Å². The summed E-state index contributed by atoms with van der Waals surface area (Å²) in [5, 5.41) is 3.52. The van der Waals surface area contributed by atoms with E-state index in [9.17, 15) is 0 Å². The van der Waals surface area contributed by atoms with Crippen LogP contribution in [0.3, 0.4) is 0 Å². The molecule has 0 amide bonds. The predicted octanol–water partition coefficient (Wildman–Crippen LogP) is 2.78. The molecule has 0 saturated heterocycles. The standard InChI is InChI=1S/C13H30N2/c1-7-13(14,8-2)10-15-9-12(5,6)11(3)4/h11,15H,7-10,14H2,1-6H3. The van der Waals surface area contributed by atoms with Gasteiger partial charge < -0.3 is 11.1 Å². The molecule has 0 rings (SSSR count). The maximum absolute atomic E-state index is 6.24. The number of nitrogens with two attached hydrogens (primary N) is 1. The zero-order valence-corrected chi connectivity index (χ0v) is 11.5. The first-order valence-electron chi connectivity index (χ1n) is 6.27. The largest absolute Gasteiger partial charge is 0.324 e. The summed E-state index contributed by atoms with van der Waals surface area (Å²) in [4.78, 5) is 0. The van der Waals surface area contributed by atoms with Crippen LogP contribution in [0.5, 0.6) is 0 Å². The van der Waals surface area contributed by atoms with Crippen molar-refractivity contribution in [1.82, 2.24) is 5.32 Å². The molecule has 92 valence electrons. The molecule has 0 aromatic rings. The Balaban J connectivity index is 3.98. The van der Waals surface area contributed by atoms with Crippen LogP contribution in [0, 0.1) is 11.3 Å². The van der Waals surface area contributed by atoms with E-state index in [0.717, 1.165) is 25.9 Å². The highest BCUT2D eigenvalue weighted by atomic mass is 14.9. The molecule has 0 saturated carbocycles. The molecule has 3 N–H and O–H groups in total. The first kappa shape index (κ1) is 14.9. The molecule has 0 atom stereocenters. The van der Waals surface area contributed by atoms with Gasteiger partial charge in [0.15, 0.2) is 0 Å². The minimum atomic E-state index is -0.0208. The number of hydrogen-bond donors (Lipinski definition) is 2. The Morgan fingerprint density at radius 1 is 1.07 bits per heavy atom. The normalized spacial score (nSPS) is 13.6. The highest BCUT2D eigenvalue weighted by Gasteiger charge is 2.24. The van der Waals surface area contributed by atoms with Gasteiger partial charge in [-0.25, -0.2) is 0 Å². The van der Waals surface area contributed by atoms with Gasteiger partial charge in [0, 0.05) is 18.6 Å². The Kier molecular flexibility index (Phi) is 5.82. The van der Waals surface area contributed by atoms with Crippen molar-refractivity contribution in [1.29, 1.82) is 0 Å². The van der Waals surface area contributed by atoms with E-state index in [4.69, 9.17) is 5.73 Å². The topological polar surface area (TPSA) is 38.0 Å². The van der Waals surface area contributed by atoms with Crippen molar-refractivity contribution >= 4 is 0 Å². The highest BCUT2D eigenvalue weighted by Crippen LogP contribution is 2.24. The first-order valence-corrected chi connectivity index (χ1v) is 6.27. The average molecular weight is 214 g/mol. The number of nitrogens with one attached hydrogen (secondary N) is 1. The van der Waals surface area contributed by atoms with Crippen LogP contribution in [0.15, 0.2) is 0 Å². The summed E-state index contributed by atoms with van der Waals surface area (Å²) in [5.74, 6) is 0.695. The van der Waals surface area contributed by atoms with Crippen LogP contribution in [0.2, 0.25) is 0 Å². The Hall–Kier alpha value is -0.0800. The van der Waals surface area contributed by atoms with Gasteiger partial charge in [-0.1, -0.05) is 41.5 Å². The summed E-state index contributed by atoms with van der Waals surface area (Å²) in [6.07, 6.45) is 2.08. The molecule has 0 radical (unpaired) electrons. The molecule has 0 aromatic heterocycles. The van der Waals surface area contributed by atoms with Gasteiger partial charge in [0.05, 0.1) is 0 Å². The second-order valence-electron chi connectivity index (χ2n) is 5.82. The minimum absolute atomic E-state index is 0.0208. The molecule has 0 bridgehead atoms. The summed E-state index contributed by atoms with van der Waals surface area (Å²) >= 11 is 0. The van der Waals surface area contributed by atoms with Crippen LogP contribution in [0.25, 0.3) is 0 Å². The van der Waals surface area contributed by atoms with Gasteiger partial charge >= 0.3 is 0 Å². The van der Waals surface area contributed by atoms with Crippen molar-refractivity contribution in [3.63, 3.8) is 0 Å². The molecular weight excluding hydrogens is 184 g/mol. The fourth-order valence-electron chi connectivity index (χ4n) is 1.34. The van der Waals surface area contributed by atoms with E-state index in [1.807, 2.05) is 0 Å². The summed E-state index contributed by atoms with van der Waals surface area (Å²) in [7, 11) is 0. The Morgan fingerprint density at radius 3 is 1.87 bits per heavy atom. The van der Waals surface area contributed by atoms with E-state index >= 15 is 0 Å². The SMILES string of the molecule is CCC(N)(CC)CNCC(C)(C)C(C)C. The molecule has 2 nitrogen and oxygen atoms in total. The lowest BCUT2D eigenvalue weighted by atomic mass is 9.81. The van der Waals surface area contributed by atoms with Gasteiger partial charge in [-0.3, -0.25) is 0 Å². The lowest BCUT2D eigenvalue weighted by molar-refractivity contribution is 0.227. The molecule has 0 spiro atoms. The monoisotopic (exact) mass is 214 g/mol. The average Bonchev–Trinajstić information content (AvgIpc) is 2.17. The lowest BCUT2D eigenvalue weighted by Crippen LogP contribution is -2.49. The Morgan fingerprint density at radius 2 is 1.53 bits per heavy atom. The van der Waals surface area contributed by atoms with Crippen molar-refractivity contribution in [2.45, 2.75) is 59.9 Å². The van der Waals surface area contributed by atoms with Gasteiger partial charge in [-0.05, 0) is 24.2 Å². The first-order chi connectivity index (χ1) is 6.77. The number of rotatable bonds is 7. The third-order valence-corrected chi connectivity index (χ3v) is 4.03. The van der Waals surface area contributed by atoms with Crippen LogP contribution < -0.4 is 11.1 Å². The van der Waals surface area contributed by atoms with E-state index in [-0.39, 0.29) is 5.54 Å². The minimum Gasteiger partial charge on any atom is -0.324 e. The van der Waals surface area contributed by atoms with Crippen molar-refractivity contribution in [2.75, 3.05) is 13.1 Å². The van der Waals surface area contributed by atoms with Gasteiger partial charge in [0.2, 0.25) is 0 Å². The van der Waals surface area contributed by atoms with Gasteiger partial charge in [0.1, 0.15) is 0 Å². The Labute approximate surface area is 96.0 Å². The fraction of sp³-hybridized carbons (Fsp3) is 1.00. The predicted molar refractivity (Wildman–Crippen MR) is 69.0 cm³/mol. The maximum Gasteiger partial charge on any atom is 0.0275 e. The molecular formula is C13H30N2. The van der Waals surface area contributed by atoms with E-state index in [1.54, 1.807) is 0 Å². The summed E-state index contributed by atoms with van der Waals surface area (Å²) in [5.41, 5.74) is 6.57. The van der Waals surface area contributed by atoms with Crippen molar-refractivity contribution < 1.29 is 0 Å². The molecule has 0 heterocycles. The van der Waals surface area contributed by atoms with Crippen LogP contribution >= 0.6 is 0 Å². The lowest BCUT2D eigenvalue weighted by Gasteiger charge is -2.33. The zero-order chi connectivity index (χ0) is 12.1. The van der Waals surface area contributed by atoms with E-state index < -0.39 is 0 Å². The zero-order valence-electron chi connectivity index (χ0n) is 11.5. The second-order valence-corrected chi connectivity index (χ2v) is 5.82. The summed E-state index contributed by atoms with van der Waals surface area (Å²) < 4.78 is 0. The Bertz CT molecular complexity index is 165. The number of hydrogen-bond acceptors (Lipinski definition) is 2. The van der Waals surface area contributed by atoms with Crippen LogP contribution in [-0.2, 0) is 0 Å². The van der Waals surface area contributed by atoms with E-state index in [2.05, 4.69) is 46.9 Å². The summed E-state index contributed by atoms with van der Waals surface area (Å²) in [6, 6.07) is 0. The van der Waals surface area contributed by atoms with Gasteiger partial charge in [0.25, 0.3) is 0 Å².